The highest BCUT2D eigenvalue weighted by Crippen LogP contribution is 2.18. The number of aliphatic hydroxyl groups is 1. The van der Waals surface area contributed by atoms with Crippen molar-refractivity contribution in [2.24, 2.45) is 5.92 Å². The largest absolute Gasteiger partial charge is 0.387 e. The van der Waals surface area contributed by atoms with Crippen molar-refractivity contribution in [3.8, 4) is 0 Å². The van der Waals surface area contributed by atoms with Crippen molar-refractivity contribution in [2.45, 2.75) is 19.8 Å². The van der Waals surface area contributed by atoms with Crippen LogP contribution in [0.2, 0.25) is 0 Å². The van der Waals surface area contributed by atoms with E-state index < -0.39 is 0 Å². The lowest BCUT2D eigenvalue weighted by molar-refractivity contribution is -0.133. The Balaban J connectivity index is 2.35. The van der Waals surface area contributed by atoms with Crippen LogP contribution in [0, 0.1) is 5.92 Å². The van der Waals surface area contributed by atoms with E-state index in [1.165, 1.54) is 0 Å². The summed E-state index contributed by atoms with van der Waals surface area (Å²) >= 11 is 0. The van der Waals surface area contributed by atoms with Gasteiger partial charge in [-0.25, -0.2) is 0 Å². The number of nitrogens with zero attached hydrogens (tertiary/aromatic N) is 1. The maximum Gasteiger partial charge on any atom is 0.248 e. The van der Waals surface area contributed by atoms with Gasteiger partial charge in [-0.1, -0.05) is 13.3 Å². The maximum absolute atomic E-state index is 11.0. The van der Waals surface area contributed by atoms with E-state index in [9.17, 15) is 4.79 Å². The third kappa shape index (κ3) is 1.93. The first-order chi connectivity index (χ1) is 5.27. The van der Waals surface area contributed by atoms with E-state index >= 15 is 0 Å². The zero-order chi connectivity index (χ0) is 8.27. The van der Waals surface area contributed by atoms with Crippen LogP contribution in [-0.2, 0) is 4.79 Å². The van der Waals surface area contributed by atoms with Gasteiger partial charge in [-0.05, 0) is 12.3 Å². The molecule has 0 bridgehead atoms. The Morgan fingerprint density at radius 2 is 2.45 bits per heavy atom. The lowest BCUT2D eigenvalue weighted by Gasteiger charge is -2.13. The Morgan fingerprint density at radius 1 is 1.73 bits per heavy atom. The van der Waals surface area contributed by atoms with E-state index in [4.69, 9.17) is 5.11 Å². The van der Waals surface area contributed by atoms with Crippen LogP contribution < -0.4 is 0 Å². The molecule has 1 amide bonds. The summed E-state index contributed by atoms with van der Waals surface area (Å²) in [7, 11) is 0. The van der Waals surface area contributed by atoms with Crippen molar-refractivity contribution in [1.82, 2.24) is 4.90 Å². The molecule has 0 aromatic rings. The minimum atomic E-state index is -0.337. The van der Waals surface area contributed by atoms with Crippen molar-refractivity contribution < 1.29 is 9.90 Å². The second kappa shape index (κ2) is 3.72. The maximum atomic E-state index is 11.0. The Hall–Kier alpha value is -0.570. The number of carbonyl (C=O) groups excluding carboxylic acids is 1. The van der Waals surface area contributed by atoms with Crippen molar-refractivity contribution in [1.29, 1.82) is 0 Å². The van der Waals surface area contributed by atoms with E-state index in [2.05, 4.69) is 6.92 Å². The second-order valence-corrected chi connectivity index (χ2v) is 3.06. The Bertz CT molecular complexity index is 147. The quantitative estimate of drug-likeness (QED) is 0.623. The molecule has 3 nitrogen and oxygen atoms in total. The smallest absolute Gasteiger partial charge is 0.248 e. The molecule has 0 aromatic heterocycles. The molecule has 11 heavy (non-hydrogen) atoms. The van der Waals surface area contributed by atoms with Crippen LogP contribution in [-0.4, -0.2) is 35.6 Å². The minimum Gasteiger partial charge on any atom is -0.387 e. The van der Waals surface area contributed by atoms with Crippen LogP contribution in [0.5, 0.6) is 0 Å². The summed E-state index contributed by atoms with van der Waals surface area (Å²) in [6, 6.07) is 0. The summed E-state index contributed by atoms with van der Waals surface area (Å²) in [6.07, 6.45) is 2.23. The molecule has 3 heteroatoms. The fourth-order valence-electron chi connectivity index (χ4n) is 1.49. The summed E-state index contributed by atoms with van der Waals surface area (Å²) in [5.41, 5.74) is 0. The van der Waals surface area contributed by atoms with Crippen molar-refractivity contribution in [3.63, 3.8) is 0 Å². The molecule has 1 aliphatic rings. The van der Waals surface area contributed by atoms with Crippen LogP contribution in [0.3, 0.4) is 0 Å². The zero-order valence-corrected chi connectivity index (χ0v) is 6.92. The molecule has 1 aliphatic heterocycles. The topological polar surface area (TPSA) is 40.5 Å². The summed E-state index contributed by atoms with van der Waals surface area (Å²) in [4.78, 5) is 12.7. The molecule has 0 saturated carbocycles. The first-order valence-electron chi connectivity index (χ1n) is 4.16. The van der Waals surface area contributed by atoms with Gasteiger partial charge in [0.2, 0.25) is 5.91 Å². The Morgan fingerprint density at radius 3 is 2.91 bits per heavy atom. The molecule has 1 N–H and O–H groups in total. The second-order valence-electron chi connectivity index (χ2n) is 3.06. The monoisotopic (exact) mass is 157 g/mol. The summed E-state index contributed by atoms with van der Waals surface area (Å²) in [5, 5.41) is 8.56. The first kappa shape index (κ1) is 8.53. The molecule has 1 saturated heterocycles. The molecule has 1 heterocycles. The van der Waals surface area contributed by atoms with Crippen molar-refractivity contribution >= 4 is 5.91 Å². The molecule has 1 atom stereocenters. The zero-order valence-electron chi connectivity index (χ0n) is 6.92. The van der Waals surface area contributed by atoms with Gasteiger partial charge in [0.05, 0.1) is 0 Å². The molecular formula is C8H15NO2. The molecule has 0 radical (unpaired) electrons. The standard InChI is InChI=1S/C8H15NO2/c1-2-7-3-4-9(5-7)8(11)6-10/h7,10H,2-6H2,1H3. The van der Waals surface area contributed by atoms with Gasteiger partial charge >= 0.3 is 0 Å². The lowest BCUT2D eigenvalue weighted by Crippen LogP contribution is -2.30. The van der Waals surface area contributed by atoms with Crippen LogP contribution in [0.4, 0.5) is 0 Å². The predicted molar refractivity (Wildman–Crippen MR) is 42.1 cm³/mol. The van der Waals surface area contributed by atoms with Crippen LogP contribution >= 0.6 is 0 Å². The molecule has 0 aromatic carbocycles. The molecular weight excluding hydrogens is 142 g/mol. The van der Waals surface area contributed by atoms with Gasteiger partial charge in [-0.15, -0.1) is 0 Å². The van der Waals surface area contributed by atoms with Gasteiger partial charge in [-0.3, -0.25) is 4.79 Å². The Labute approximate surface area is 67.0 Å². The number of rotatable bonds is 2. The van der Waals surface area contributed by atoms with E-state index in [0.29, 0.717) is 5.92 Å². The highest BCUT2D eigenvalue weighted by Gasteiger charge is 2.23. The average molecular weight is 157 g/mol. The molecule has 0 spiro atoms. The van der Waals surface area contributed by atoms with Gasteiger partial charge in [0, 0.05) is 13.1 Å². The number of carbonyl (C=O) groups is 1. The van der Waals surface area contributed by atoms with E-state index in [0.717, 1.165) is 25.9 Å². The van der Waals surface area contributed by atoms with Crippen molar-refractivity contribution in [2.75, 3.05) is 19.7 Å². The fourth-order valence-corrected chi connectivity index (χ4v) is 1.49. The normalized spacial score (nSPS) is 24.2. The molecule has 1 unspecified atom stereocenters. The van der Waals surface area contributed by atoms with Crippen molar-refractivity contribution in [3.05, 3.63) is 0 Å². The van der Waals surface area contributed by atoms with Gasteiger partial charge < -0.3 is 10.0 Å². The van der Waals surface area contributed by atoms with Gasteiger partial charge in [0.15, 0.2) is 0 Å². The van der Waals surface area contributed by atoms with Crippen LogP contribution in [0.25, 0.3) is 0 Å². The predicted octanol–water partition coefficient (Wildman–Crippen LogP) is 0.237. The van der Waals surface area contributed by atoms with Gasteiger partial charge in [0.1, 0.15) is 6.61 Å². The third-order valence-electron chi connectivity index (χ3n) is 2.35. The van der Waals surface area contributed by atoms with Gasteiger partial charge in [0.25, 0.3) is 0 Å². The highest BCUT2D eigenvalue weighted by molar-refractivity contribution is 5.77. The van der Waals surface area contributed by atoms with E-state index in [1.54, 1.807) is 4.90 Å². The van der Waals surface area contributed by atoms with E-state index in [1.807, 2.05) is 0 Å². The average Bonchev–Trinajstić information content (AvgIpc) is 2.50. The number of amides is 1. The fraction of sp³-hybridized carbons (Fsp3) is 0.875. The third-order valence-corrected chi connectivity index (χ3v) is 2.35. The summed E-state index contributed by atoms with van der Waals surface area (Å²) in [6.45, 7) is 3.47. The lowest BCUT2D eigenvalue weighted by atomic mass is 10.1. The molecule has 1 fully saturated rings. The SMILES string of the molecule is CCC1CCN(C(=O)CO)C1. The number of hydrogen-bond donors (Lipinski definition) is 1. The molecule has 0 aliphatic carbocycles. The minimum absolute atomic E-state index is 0.124. The van der Waals surface area contributed by atoms with Gasteiger partial charge in [-0.2, -0.15) is 0 Å². The molecule has 1 rings (SSSR count). The van der Waals surface area contributed by atoms with Crippen LogP contribution in [0.1, 0.15) is 19.8 Å². The highest BCUT2D eigenvalue weighted by atomic mass is 16.3. The number of aliphatic hydroxyl groups excluding tert-OH is 1. The summed E-state index contributed by atoms with van der Waals surface area (Å²) in [5.74, 6) is 0.534. The number of hydrogen-bond acceptors (Lipinski definition) is 2. The first-order valence-corrected chi connectivity index (χ1v) is 4.16. The van der Waals surface area contributed by atoms with Crippen LogP contribution in [0.15, 0.2) is 0 Å². The molecule has 64 valence electrons. The Kier molecular flexibility index (Phi) is 2.88. The number of likely N-dealkylation sites (tertiary alicyclic amines) is 1. The van der Waals surface area contributed by atoms with E-state index in [-0.39, 0.29) is 12.5 Å². The summed E-state index contributed by atoms with van der Waals surface area (Å²) < 4.78 is 0.